The fourth-order valence-electron chi connectivity index (χ4n) is 3.59. The molecule has 1 aliphatic heterocycles. The Hall–Kier alpha value is -2.77. The Balaban J connectivity index is 2.02. The maximum absolute atomic E-state index is 12.9. The number of benzene rings is 1. The van der Waals surface area contributed by atoms with Crippen LogP contribution in [0.3, 0.4) is 0 Å². The summed E-state index contributed by atoms with van der Waals surface area (Å²) in [5, 5.41) is 2.80. The minimum atomic E-state index is -0.618. The molecule has 0 aromatic heterocycles. The number of hydrogen-bond acceptors (Lipinski definition) is 5. The molecule has 1 saturated heterocycles. The van der Waals surface area contributed by atoms with Gasteiger partial charge in [-0.15, -0.1) is 0 Å². The van der Waals surface area contributed by atoms with Gasteiger partial charge >= 0.3 is 18.1 Å². The van der Waals surface area contributed by atoms with E-state index in [0.717, 1.165) is 5.56 Å². The number of carbonyl (C=O) groups excluding carboxylic acids is 3. The van der Waals surface area contributed by atoms with Crippen LogP contribution in [0.2, 0.25) is 0 Å². The SMILES string of the molecule is CC(NC(=O)OC(C)(C)C)C(Cc1ccccc1)OC(=O)C1CCN(C(=O)N(C)C)CC1. The van der Waals surface area contributed by atoms with Crippen molar-refractivity contribution < 1.29 is 23.9 Å². The topological polar surface area (TPSA) is 88.2 Å². The quantitative estimate of drug-likeness (QED) is 0.675. The fraction of sp³-hybridized carbons (Fsp3) is 0.625. The Bertz CT molecular complexity index is 768. The third-order valence-electron chi connectivity index (χ3n) is 5.33. The number of ether oxygens (including phenoxy) is 2. The lowest BCUT2D eigenvalue weighted by molar-refractivity contribution is -0.156. The molecule has 0 aliphatic carbocycles. The van der Waals surface area contributed by atoms with Gasteiger partial charge in [0, 0.05) is 33.6 Å². The van der Waals surface area contributed by atoms with Crippen LogP contribution in [0.25, 0.3) is 0 Å². The van der Waals surface area contributed by atoms with Crippen molar-refractivity contribution in [3.8, 4) is 0 Å². The maximum Gasteiger partial charge on any atom is 0.407 e. The molecule has 1 aromatic carbocycles. The van der Waals surface area contributed by atoms with Gasteiger partial charge in [0.1, 0.15) is 11.7 Å². The summed E-state index contributed by atoms with van der Waals surface area (Å²) >= 11 is 0. The molecule has 0 bridgehead atoms. The Morgan fingerprint density at radius 1 is 1.12 bits per heavy atom. The molecule has 2 atom stereocenters. The molecule has 1 aromatic rings. The number of hydrogen-bond donors (Lipinski definition) is 1. The van der Waals surface area contributed by atoms with Gasteiger partial charge in [-0.2, -0.15) is 0 Å². The summed E-state index contributed by atoms with van der Waals surface area (Å²) in [5.41, 5.74) is 0.391. The molecule has 1 N–H and O–H groups in total. The summed E-state index contributed by atoms with van der Waals surface area (Å²) in [4.78, 5) is 40.6. The van der Waals surface area contributed by atoms with Crippen LogP contribution < -0.4 is 5.32 Å². The summed E-state index contributed by atoms with van der Waals surface area (Å²) < 4.78 is 11.3. The molecule has 2 rings (SSSR count). The van der Waals surface area contributed by atoms with Crippen LogP contribution in [0.5, 0.6) is 0 Å². The standard InChI is InChI=1S/C24H37N3O5/c1-17(25-22(29)32-24(2,3)4)20(16-18-10-8-7-9-11-18)31-21(28)19-12-14-27(15-13-19)23(30)26(5)6/h7-11,17,19-20H,12-16H2,1-6H3,(H,25,29). The number of likely N-dealkylation sites (tertiary alicyclic amines) is 1. The van der Waals surface area contributed by atoms with Gasteiger partial charge in [0.05, 0.1) is 12.0 Å². The molecule has 32 heavy (non-hydrogen) atoms. The molecule has 0 radical (unpaired) electrons. The average Bonchev–Trinajstić information content (AvgIpc) is 2.72. The van der Waals surface area contributed by atoms with Gasteiger partial charge in [-0.25, -0.2) is 9.59 Å². The number of nitrogens with one attached hydrogen (secondary N) is 1. The van der Waals surface area contributed by atoms with Crippen molar-refractivity contribution in [3.05, 3.63) is 35.9 Å². The van der Waals surface area contributed by atoms with E-state index in [-0.39, 0.29) is 17.9 Å². The van der Waals surface area contributed by atoms with Gasteiger partial charge < -0.3 is 24.6 Å². The van der Waals surface area contributed by atoms with E-state index in [1.165, 1.54) is 0 Å². The van der Waals surface area contributed by atoms with Crippen LogP contribution in [-0.4, -0.2) is 72.8 Å². The summed E-state index contributed by atoms with van der Waals surface area (Å²) in [7, 11) is 3.44. The second-order valence-corrected chi connectivity index (χ2v) is 9.54. The van der Waals surface area contributed by atoms with Crippen LogP contribution in [0.15, 0.2) is 30.3 Å². The Morgan fingerprint density at radius 2 is 1.72 bits per heavy atom. The number of rotatable bonds is 6. The van der Waals surface area contributed by atoms with E-state index >= 15 is 0 Å². The van der Waals surface area contributed by atoms with E-state index in [2.05, 4.69) is 5.32 Å². The third kappa shape index (κ3) is 8.05. The van der Waals surface area contributed by atoms with Crippen molar-refractivity contribution in [1.82, 2.24) is 15.1 Å². The molecule has 8 nitrogen and oxygen atoms in total. The molecule has 0 saturated carbocycles. The number of nitrogens with zero attached hydrogens (tertiary/aromatic N) is 2. The van der Waals surface area contributed by atoms with Crippen molar-refractivity contribution in [3.63, 3.8) is 0 Å². The first-order valence-electron chi connectivity index (χ1n) is 11.2. The number of piperidine rings is 1. The number of esters is 1. The van der Waals surface area contributed by atoms with Crippen LogP contribution in [0.4, 0.5) is 9.59 Å². The van der Waals surface area contributed by atoms with Crippen LogP contribution in [0, 0.1) is 5.92 Å². The molecule has 3 amide bonds. The van der Waals surface area contributed by atoms with Crippen molar-refractivity contribution in [2.24, 2.45) is 5.92 Å². The van der Waals surface area contributed by atoms with Crippen molar-refractivity contribution in [1.29, 1.82) is 0 Å². The van der Waals surface area contributed by atoms with Crippen molar-refractivity contribution >= 4 is 18.1 Å². The molecule has 2 unspecified atom stereocenters. The minimum Gasteiger partial charge on any atom is -0.460 e. The summed E-state index contributed by atoms with van der Waals surface area (Å²) in [6.07, 6.45) is 0.504. The van der Waals surface area contributed by atoms with Crippen molar-refractivity contribution in [2.45, 2.75) is 64.7 Å². The molecule has 8 heteroatoms. The smallest absolute Gasteiger partial charge is 0.407 e. The number of amides is 3. The maximum atomic E-state index is 12.9. The Kier molecular flexibility index (Phi) is 8.92. The molecule has 1 fully saturated rings. The van der Waals surface area contributed by atoms with E-state index in [1.54, 1.807) is 44.7 Å². The number of alkyl carbamates (subject to hydrolysis) is 1. The highest BCUT2D eigenvalue weighted by Crippen LogP contribution is 2.22. The Labute approximate surface area is 191 Å². The third-order valence-corrected chi connectivity index (χ3v) is 5.33. The monoisotopic (exact) mass is 447 g/mol. The van der Waals surface area contributed by atoms with Gasteiger partial charge in [-0.3, -0.25) is 4.79 Å². The van der Waals surface area contributed by atoms with E-state index in [1.807, 2.05) is 37.3 Å². The van der Waals surface area contributed by atoms with Gasteiger partial charge in [-0.1, -0.05) is 30.3 Å². The summed E-state index contributed by atoms with van der Waals surface area (Å²) in [6.45, 7) is 8.24. The first-order valence-corrected chi connectivity index (χ1v) is 11.2. The largest absolute Gasteiger partial charge is 0.460 e. The lowest BCUT2D eigenvalue weighted by Gasteiger charge is -2.34. The molecule has 1 aliphatic rings. The van der Waals surface area contributed by atoms with E-state index in [4.69, 9.17) is 9.47 Å². The first-order chi connectivity index (χ1) is 15.0. The number of carbonyl (C=O) groups is 3. The zero-order valence-corrected chi connectivity index (χ0v) is 20.1. The molecule has 0 spiro atoms. The molecule has 178 valence electrons. The highest BCUT2D eigenvalue weighted by molar-refractivity contribution is 5.76. The highest BCUT2D eigenvalue weighted by Gasteiger charge is 2.32. The van der Waals surface area contributed by atoms with Gasteiger partial charge in [0.25, 0.3) is 0 Å². The molecular weight excluding hydrogens is 410 g/mol. The van der Waals surface area contributed by atoms with Gasteiger partial charge in [0.15, 0.2) is 0 Å². The predicted octanol–water partition coefficient (Wildman–Crippen LogP) is 3.45. The fourth-order valence-corrected chi connectivity index (χ4v) is 3.59. The molecule has 1 heterocycles. The first kappa shape index (κ1) is 25.5. The van der Waals surface area contributed by atoms with Gasteiger partial charge in [-0.05, 0) is 46.1 Å². The van der Waals surface area contributed by atoms with Gasteiger partial charge in [0.2, 0.25) is 0 Å². The second-order valence-electron chi connectivity index (χ2n) is 9.54. The van der Waals surface area contributed by atoms with Crippen LogP contribution in [0.1, 0.15) is 46.1 Å². The van der Waals surface area contributed by atoms with Crippen molar-refractivity contribution in [2.75, 3.05) is 27.2 Å². The lowest BCUT2D eigenvalue weighted by Crippen LogP contribution is -2.48. The second kappa shape index (κ2) is 11.2. The summed E-state index contributed by atoms with van der Waals surface area (Å²) in [6, 6.07) is 9.22. The van der Waals surface area contributed by atoms with E-state index in [9.17, 15) is 14.4 Å². The molecular formula is C24H37N3O5. The zero-order valence-electron chi connectivity index (χ0n) is 20.1. The van der Waals surface area contributed by atoms with E-state index in [0.29, 0.717) is 32.4 Å². The predicted molar refractivity (Wildman–Crippen MR) is 122 cm³/mol. The van der Waals surface area contributed by atoms with Crippen LogP contribution >= 0.6 is 0 Å². The minimum absolute atomic E-state index is 0.0473. The lowest BCUT2D eigenvalue weighted by atomic mass is 9.96. The number of urea groups is 1. The summed E-state index contributed by atoms with van der Waals surface area (Å²) in [5.74, 6) is -0.561. The normalized spacial score (nSPS) is 16.6. The van der Waals surface area contributed by atoms with Crippen LogP contribution in [-0.2, 0) is 20.7 Å². The average molecular weight is 448 g/mol. The highest BCUT2D eigenvalue weighted by atomic mass is 16.6. The van der Waals surface area contributed by atoms with E-state index < -0.39 is 23.8 Å². The Morgan fingerprint density at radius 3 is 2.25 bits per heavy atom. The zero-order chi connectivity index (χ0) is 23.9.